The van der Waals surface area contributed by atoms with Gasteiger partial charge in [-0.3, -0.25) is 0 Å². The number of nitrogens with one attached hydrogen (secondary N) is 1. The lowest BCUT2D eigenvalue weighted by molar-refractivity contribution is 0.177. The summed E-state index contributed by atoms with van der Waals surface area (Å²) in [5.74, 6) is 1.74. The Bertz CT molecular complexity index is 377. The van der Waals surface area contributed by atoms with Crippen molar-refractivity contribution in [1.82, 2.24) is 5.32 Å². The maximum atomic E-state index is 3.82. The van der Waals surface area contributed by atoms with Crippen LogP contribution in [0, 0.1) is 11.8 Å². The van der Waals surface area contributed by atoms with Crippen LogP contribution in [0.3, 0.4) is 0 Å². The van der Waals surface area contributed by atoms with Crippen LogP contribution in [-0.2, 0) is 0 Å². The van der Waals surface area contributed by atoms with Gasteiger partial charge in [0.05, 0.1) is 3.79 Å². The first-order valence-electron chi connectivity index (χ1n) is 7.74. The molecule has 108 valence electrons. The zero-order valence-corrected chi connectivity index (χ0v) is 14.5. The maximum Gasteiger partial charge on any atom is 0.0701 e. The standard InChI is InChI=1S/C16H26BrNS/c1-3-11-18-16(14-9-10-15(17)19-14)13-8-6-5-7-12(13)4-2/h9-10,12-13,16,18H,3-8,11H2,1-2H3. The van der Waals surface area contributed by atoms with Crippen LogP contribution in [0.15, 0.2) is 15.9 Å². The zero-order valence-electron chi connectivity index (χ0n) is 12.1. The molecule has 1 nitrogen and oxygen atoms in total. The van der Waals surface area contributed by atoms with Gasteiger partial charge < -0.3 is 5.32 Å². The van der Waals surface area contributed by atoms with Gasteiger partial charge in [0.1, 0.15) is 0 Å². The van der Waals surface area contributed by atoms with E-state index in [1.807, 2.05) is 11.3 Å². The number of hydrogen-bond donors (Lipinski definition) is 1. The van der Waals surface area contributed by atoms with E-state index in [1.54, 1.807) is 0 Å². The van der Waals surface area contributed by atoms with Crippen LogP contribution in [0.5, 0.6) is 0 Å². The van der Waals surface area contributed by atoms with Crippen LogP contribution in [0.1, 0.15) is 63.3 Å². The van der Waals surface area contributed by atoms with Gasteiger partial charge in [-0.2, -0.15) is 0 Å². The van der Waals surface area contributed by atoms with Gasteiger partial charge in [0.25, 0.3) is 0 Å². The number of rotatable bonds is 6. The monoisotopic (exact) mass is 343 g/mol. The molecule has 1 heterocycles. The summed E-state index contributed by atoms with van der Waals surface area (Å²) in [7, 11) is 0. The van der Waals surface area contributed by atoms with Crippen molar-refractivity contribution in [3.63, 3.8) is 0 Å². The fraction of sp³-hybridized carbons (Fsp3) is 0.750. The molecule has 1 aliphatic rings. The minimum absolute atomic E-state index is 0.571. The lowest BCUT2D eigenvalue weighted by Gasteiger charge is -2.37. The van der Waals surface area contributed by atoms with Gasteiger partial charge in [-0.05, 0) is 59.3 Å². The van der Waals surface area contributed by atoms with Gasteiger partial charge in [0.15, 0.2) is 0 Å². The molecule has 1 fully saturated rings. The molecule has 3 heteroatoms. The van der Waals surface area contributed by atoms with Gasteiger partial charge in [0, 0.05) is 10.9 Å². The Hall–Kier alpha value is 0.140. The number of hydrogen-bond acceptors (Lipinski definition) is 2. The fourth-order valence-electron chi connectivity index (χ4n) is 3.44. The quantitative estimate of drug-likeness (QED) is 0.691. The van der Waals surface area contributed by atoms with E-state index in [0.29, 0.717) is 6.04 Å². The molecule has 1 saturated carbocycles. The van der Waals surface area contributed by atoms with Crippen LogP contribution in [-0.4, -0.2) is 6.54 Å². The Morgan fingerprint density at radius 1 is 1.32 bits per heavy atom. The molecule has 2 rings (SSSR count). The number of thiophene rings is 1. The molecule has 0 saturated heterocycles. The van der Waals surface area contributed by atoms with Gasteiger partial charge in [-0.15, -0.1) is 11.3 Å². The Kier molecular flexibility index (Phi) is 6.37. The van der Waals surface area contributed by atoms with Crippen molar-refractivity contribution < 1.29 is 0 Å². The molecule has 0 bridgehead atoms. The molecule has 19 heavy (non-hydrogen) atoms. The van der Waals surface area contributed by atoms with Crippen LogP contribution in [0.2, 0.25) is 0 Å². The summed E-state index contributed by atoms with van der Waals surface area (Å²) >= 11 is 5.52. The van der Waals surface area contributed by atoms with Crippen LogP contribution < -0.4 is 5.32 Å². The first kappa shape index (κ1) is 15.5. The Morgan fingerprint density at radius 2 is 2.11 bits per heavy atom. The van der Waals surface area contributed by atoms with E-state index < -0.39 is 0 Å². The largest absolute Gasteiger partial charge is 0.309 e. The van der Waals surface area contributed by atoms with E-state index >= 15 is 0 Å². The minimum atomic E-state index is 0.571. The maximum absolute atomic E-state index is 3.82. The first-order chi connectivity index (χ1) is 9.26. The molecule has 1 aromatic heterocycles. The normalized spacial score (nSPS) is 25.4. The molecular formula is C16H26BrNS. The van der Waals surface area contributed by atoms with E-state index in [9.17, 15) is 0 Å². The average molecular weight is 344 g/mol. The van der Waals surface area contributed by atoms with Crippen molar-refractivity contribution in [2.24, 2.45) is 11.8 Å². The van der Waals surface area contributed by atoms with Gasteiger partial charge in [0.2, 0.25) is 0 Å². The second-order valence-corrected chi connectivity index (χ2v) is 8.18. The summed E-state index contributed by atoms with van der Waals surface area (Å²) in [6.07, 6.45) is 8.23. The Morgan fingerprint density at radius 3 is 2.74 bits per heavy atom. The summed E-state index contributed by atoms with van der Waals surface area (Å²) in [5, 5.41) is 3.82. The van der Waals surface area contributed by atoms with Crippen molar-refractivity contribution in [3.05, 3.63) is 20.8 Å². The molecule has 0 aliphatic heterocycles. The topological polar surface area (TPSA) is 12.0 Å². The second kappa shape index (κ2) is 7.80. The minimum Gasteiger partial charge on any atom is -0.309 e. The lowest BCUT2D eigenvalue weighted by atomic mass is 9.73. The predicted molar refractivity (Wildman–Crippen MR) is 88.8 cm³/mol. The molecule has 0 spiro atoms. The fourth-order valence-corrected chi connectivity index (χ4v) is 5.02. The van der Waals surface area contributed by atoms with Crippen LogP contribution in [0.4, 0.5) is 0 Å². The Labute approximate surface area is 130 Å². The highest BCUT2D eigenvalue weighted by atomic mass is 79.9. The molecule has 1 aromatic rings. The highest BCUT2D eigenvalue weighted by Gasteiger charge is 2.32. The van der Waals surface area contributed by atoms with Crippen molar-refractivity contribution >= 4 is 27.3 Å². The lowest BCUT2D eigenvalue weighted by Crippen LogP contribution is -2.34. The third-order valence-electron chi connectivity index (χ3n) is 4.44. The molecule has 0 radical (unpaired) electrons. The SMILES string of the molecule is CCCNC(c1ccc(Br)s1)C1CCCCC1CC. The van der Waals surface area contributed by atoms with Crippen molar-refractivity contribution in [1.29, 1.82) is 0 Å². The second-order valence-electron chi connectivity index (χ2n) is 5.69. The smallest absolute Gasteiger partial charge is 0.0701 e. The number of halogens is 1. The summed E-state index contributed by atoms with van der Waals surface area (Å²) in [5.41, 5.74) is 0. The third-order valence-corrected chi connectivity index (χ3v) is 6.14. The Balaban J connectivity index is 2.15. The molecular weight excluding hydrogens is 318 g/mol. The van der Waals surface area contributed by atoms with E-state index in [0.717, 1.165) is 18.4 Å². The molecule has 3 unspecified atom stereocenters. The first-order valence-corrected chi connectivity index (χ1v) is 9.35. The predicted octanol–water partition coefficient (Wildman–Crippen LogP) is 5.77. The molecule has 0 aromatic carbocycles. The highest BCUT2D eigenvalue weighted by molar-refractivity contribution is 9.11. The summed E-state index contributed by atoms with van der Waals surface area (Å²) in [6, 6.07) is 5.08. The molecule has 3 atom stereocenters. The average Bonchev–Trinajstić information content (AvgIpc) is 2.86. The van der Waals surface area contributed by atoms with Crippen LogP contribution >= 0.6 is 27.3 Å². The van der Waals surface area contributed by atoms with Crippen molar-refractivity contribution in [2.75, 3.05) is 6.54 Å². The molecule has 1 N–H and O–H groups in total. The highest BCUT2D eigenvalue weighted by Crippen LogP contribution is 2.42. The van der Waals surface area contributed by atoms with Gasteiger partial charge >= 0.3 is 0 Å². The zero-order chi connectivity index (χ0) is 13.7. The molecule has 0 amide bonds. The van der Waals surface area contributed by atoms with E-state index in [-0.39, 0.29) is 0 Å². The molecule has 1 aliphatic carbocycles. The van der Waals surface area contributed by atoms with Gasteiger partial charge in [-0.25, -0.2) is 0 Å². The van der Waals surface area contributed by atoms with E-state index in [1.165, 1.54) is 47.2 Å². The summed E-state index contributed by atoms with van der Waals surface area (Å²) < 4.78 is 1.26. The van der Waals surface area contributed by atoms with Crippen LogP contribution in [0.25, 0.3) is 0 Å². The summed E-state index contributed by atoms with van der Waals surface area (Å²) in [4.78, 5) is 1.52. The van der Waals surface area contributed by atoms with Crippen molar-refractivity contribution in [2.45, 2.75) is 58.4 Å². The van der Waals surface area contributed by atoms with Crippen molar-refractivity contribution in [3.8, 4) is 0 Å². The summed E-state index contributed by atoms with van der Waals surface area (Å²) in [6.45, 7) is 5.75. The van der Waals surface area contributed by atoms with E-state index in [2.05, 4.69) is 47.2 Å². The third kappa shape index (κ3) is 4.05. The van der Waals surface area contributed by atoms with Gasteiger partial charge in [-0.1, -0.05) is 39.5 Å². The van der Waals surface area contributed by atoms with E-state index in [4.69, 9.17) is 0 Å².